The van der Waals surface area contributed by atoms with Gasteiger partial charge < -0.3 is 15.0 Å². The van der Waals surface area contributed by atoms with Gasteiger partial charge >= 0.3 is 0 Å². The zero-order chi connectivity index (χ0) is 17.8. The topological polar surface area (TPSA) is 36.9 Å². The van der Waals surface area contributed by atoms with E-state index < -0.39 is 0 Å². The normalized spacial score (nSPS) is 27.2. The van der Waals surface area contributed by atoms with Gasteiger partial charge in [0.05, 0.1) is 12.1 Å². The molecule has 0 spiro atoms. The molecule has 0 saturated carbocycles. The van der Waals surface area contributed by atoms with Crippen LogP contribution in [0.15, 0.2) is 40.1 Å². The lowest BCUT2D eigenvalue weighted by Crippen LogP contribution is -2.38. The second kappa shape index (κ2) is 8.17. The quantitative estimate of drug-likeness (QED) is 0.723. The predicted octanol–water partition coefficient (Wildman–Crippen LogP) is 4.42. The summed E-state index contributed by atoms with van der Waals surface area (Å²) in [6, 6.07) is 0.220. The van der Waals surface area contributed by atoms with E-state index in [-0.39, 0.29) is 11.9 Å². The minimum atomic E-state index is -0.135. The van der Waals surface area contributed by atoms with E-state index in [1.54, 1.807) is 6.08 Å². The summed E-state index contributed by atoms with van der Waals surface area (Å²) in [5.74, 6) is 0.809. The van der Waals surface area contributed by atoms with Crippen molar-refractivity contribution in [3.05, 3.63) is 35.1 Å². The van der Waals surface area contributed by atoms with E-state index in [1.165, 1.54) is 12.8 Å². The van der Waals surface area contributed by atoms with Crippen molar-refractivity contribution in [3.63, 3.8) is 0 Å². The SMILES string of the molecule is CC1=CC(C)N(C2=CC(F)=C(NCCCC3CCCO3)CC2)C(C)=N1. The number of halogens is 1. The number of nitrogens with one attached hydrogen (secondary N) is 1. The Morgan fingerprint density at radius 2 is 2.20 bits per heavy atom. The van der Waals surface area contributed by atoms with Crippen molar-refractivity contribution in [1.82, 2.24) is 10.2 Å². The summed E-state index contributed by atoms with van der Waals surface area (Å²) < 4.78 is 20.2. The molecule has 0 aromatic rings. The van der Waals surface area contributed by atoms with E-state index in [2.05, 4.69) is 28.2 Å². The molecule has 25 heavy (non-hydrogen) atoms. The Hall–Kier alpha value is -1.62. The molecule has 1 N–H and O–H groups in total. The molecule has 0 aromatic carbocycles. The second-order valence-electron chi connectivity index (χ2n) is 7.24. The van der Waals surface area contributed by atoms with E-state index in [1.807, 2.05) is 13.8 Å². The van der Waals surface area contributed by atoms with Gasteiger partial charge in [-0.05, 0) is 71.4 Å². The largest absolute Gasteiger partial charge is 0.386 e. The third kappa shape index (κ3) is 4.51. The van der Waals surface area contributed by atoms with Crippen LogP contribution in [0.25, 0.3) is 0 Å². The maximum absolute atomic E-state index is 14.5. The van der Waals surface area contributed by atoms with Crippen molar-refractivity contribution in [2.75, 3.05) is 13.2 Å². The molecule has 5 heteroatoms. The van der Waals surface area contributed by atoms with Gasteiger partial charge in [0.2, 0.25) is 0 Å². The van der Waals surface area contributed by atoms with E-state index in [0.717, 1.165) is 61.8 Å². The summed E-state index contributed by atoms with van der Waals surface area (Å²) in [6.07, 6.45) is 10.2. The van der Waals surface area contributed by atoms with Crippen molar-refractivity contribution >= 4 is 5.84 Å². The number of amidine groups is 1. The Morgan fingerprint density at radius 3 is 2.88 bits per heavy atom. The summed E-state index contributed by atoms with van der Waals surface area (Å²) in [7, 11) is 0. The van der Waals surface area contributed by atoms with Gasteiger partial charge in [-0.15, -0.1) is 0 Å². The van der Waals surface area contributed by atoms with E-state index in [0.29, 0.717) is 6.10 Å². The second-order valence-corrected chi connectivity index (χ2v) is 7.24. The first-order chi connectivity index (χ1) is 12.0. The number of nitrogens with zero attached hydrogens (tertiary/aromatic N) is 2. The molecule has 1 saturated heterocycles. The number of ether oxygens (including phenoxy) is 1. The van der Waals surface area contributed by atoms with Gasteiger partial charge in [-0.25, -0.2) is 9.38 Å². The lowest BCUT2D eigenvalue weighted by Gasteiger charge is -2.35. The van der Waals surface area contributed by atoms with Crippen LogP contribution >= 0.6 is 0 Å². The lowest BCUT2D eigenvalue weighted by molar-refractivity contribution is 0.102. The summed E-state index contributed by atoms with van der Waals surface area (Å²) in [4.78, 5) is 6.67. The van der Waals surface area contributed by atoms with Crippen LogP contribution in [0.3, 0.4) is 0 Å². The Bertz CT molecular complexity index is 614. The highest BCUT2D eigenvalue weighted by Gasteiger charge is 2.25. The maximum atomic E-state index is 14.5. The van der Waals surface area contributed by atoms with Crippen LogP contribution in [0.2, 0.25) is 0 Å². The molecule has 0 radical (unpaired) electrons. The Labute approximate surface area is 150 Å². The van der Waals surface area contributed by atoms with Crippen molar-refractivity contribution in [3.8, 4) is 0 Å². The van der Waals surface area contributed by atoms with E-state index >= 15 is 0 Å². The number of allylic oxidation sites excluding steroid dienone is 5. The molecule has 1 fully saturated rings. The maximum Gasteiger partial charge on any atom is 0.143 e. The van der Waals surface area contributed by atoms with Crippen molar-refractivity contribution < 1.29 is 9.13 Å². The van der Waals surface area contributed by atoms with Gasteiger partial charge in [-0.3, -0.25) is 0 Å². The van der Waals surface area contributed by atoms with Gasteiger partial charge in [0.25, 0.3) is 0 Å². The monoisotopic (exact) mass is 347 g/mol. The molecule has 0 amide bonds. The fourth-order valence-electron chi connectivity index (χ4n) is 4.02. The highest BCUT2D eigenvalue weighted by molar-refractivity contribution is 5.84. The molecule has 1 aliphatic carbocycles. The van der Waals surface area contributed by atoms with Gasteiger partial charge in [-0.2, -0.15) is 0 Å². The summed E-state index contributed by atoms with van der Waals surface area (Å²) in [5.41, 5.74) is 2.78. The van der Waals surface area contributed by atoms with Crippen LogP contribution in [0.4, 0.5) is 4.39 Å². The summed E-state index contributed by atoms with van der Waals surface area (Å²) in [5, 5.41) is 3.29. The van der Waals surface area contributed by atoms with Gasteiger partial charge in [0.1, 0.15) is 11.7 Å². The Kier molecular flexibility index (Phi) is 5.94. The summed E-state index contributed by atoms with van der Waals surface area (Å²) in [6.45, 7) is 7.84. The molecular formula is C20H30FN3O. The van der Waals surface area contributed by atoms with Crippen LogP contribution in [0.1, 0.15) is 59.3 Å². The van der Waals surface area contributed by atoms with Crippen molar-refractivity contribution in [2.24, 2.45) is 4.99 Å². The van der Waals surface area contributed by atoms with Crippen molar-refractivity contribution in [2.45, 2.75) is 71.4 Å². The first-order valence-corrected chi connectivity index (χ1v) is 9.52. The zero-order valence-corrected chi connectivity index (χ0v) is 15.6. The fraction of sp³-hybridized carbons (Fsp3) is 0.650. The average Bonchev–Trinajstić information content (AvgIpc) is 3.05. The molecule has 2 aliphatic heterocycles. The van der Waals surface area contributed by atoms with Gasteiger partial charge in [0.15, 0.2) is 0 Å². The van der Waals surface area contributed by atoms with Crippen molar-refractivity contribution in [1.29, 1.82) is 0 Å². The van der Waals surface area contributed by atoms with E-state index in [4.69, 9.17) is 4.74 Å². The first-order valence-electron chi connectivity index (χ1n) is 9.52. The van der Waals surface area contributed by atoms with Crippen LogP contribution in [-0.4, -0.2) is 36.0 Å². The van der Waals surface area contributed by atoms with E-state index in [9.17, 15) is 4.39 Å². The fourth-order valence-corrected chi connectivity index (χ4v) is 4.02. The molecule has 2 heterocycles. The third-order valence-corrected chi connectivity index (χ3v) is 5.16. The third-order valence-electron chi connectivity index (χ3n) is 5.16. The van der Waals surface area contributed by atoms with Gasteiger partial charge in [-0.1, -0.05) is 0 Å². The van der Waals surface area contributed by atoms with Gasteiger partial charge in [0, 0.05) is 30.2 Å². The first kappa shape index (κ1) is 18.2. The predicted molar refractivity (Wildman–Crippen MR) is 99.8 cm³/mol. The Morgan fingerprint density at radius 1 is 1.36 bits per heavy atom. The van der Waals surface area contributed by atoms with Crippen LogP contribution in [0, 0.1) is 0 Å². The molecule has 2 atom stereocenters. The molecule has 2 unspecified atom stereocenters. The zero-order valence-electron chi connectivity index (χ0n) is 15.6. The smallest absolute Gasteiger partial charge is 0.143 e. The minimum Gasteiger partial charge on any atom is -0.386 e. The molecule has 3 rings (SSSR count). The number of hydrogen-bond donors (Lipinski definition) is 1. The molecule has 0 aromatic heterocycles. The Balaban J connectivity index is 1.55. The molecule has 4 nitrogen and oxygen atoms in total. The minimum absolute atomic E-state index is 0.135. The summed E-state index contributed by atoms with van der Waals surface area (Å²) >= 11 is 0. The highest BCUT2D eigenvalue weighted by atomic mass is 19.1. The molecular weight excluding hydrogens is 317 g/mol. The highest BCUT2D eigenvalue weighted by Crippen LogP contribution is 2.29. The molecule has 3 aliphatic rings. The van der Waals surface area contributed by atoms with Crippen LogP contribution in [-0.2, 0) is 4.74 Å². The standard InChI is InChI=1S/C20H30FN3O/c1-14-12-15(2)24(16(3)23-14)17-8-9-20(19(21)13-17)22-10-4-6-18-7-5-11-25-18/h12-13,15,18,22H,4-11H2,1-3H3. The van der Waals surface area contributed by atoms with Crippen LogP contribution < -0.4 is 5.32 Å². The average molecular weight is 347 g/mol. The number of hydrogen-bond acceptors (Lipinski definition) is 4. The van der Waals surface area contributed by atoms with Crippen LogP contribution in [0.5, 0.6) is 0 Å². The molecule has 0 bridgehead atoms. The number of rotatable bonds is 6. The molecule has 138 valence electrons. The number of aliphatic imine (C=N–C) groups is 1. The lowest BCUT2D eigenvalue weighted by atomic mass is 10.0.